The first-order valence-corrected chi connectivity index (χ1v) is 7.00. The summed E-state index contributed by atoms with van der Waals surface area (Å²) in [6.07, 6.45) is 2.22. The summed E-state index contributed by atoms with van der Waals surface area (Å²) in [4.78, 5) is 2.34. The second kappa shape index (κ2) is 4.39. The van der Waals surface area contributed by atoms with Crippen LogP contribution in [0.25, 0.3) is 6.08 Å². The standard InChI is InChI=1S/C8H7.2CH3.Al/c1-2-8-6-4-3-5-7-8;;;/h1-7H;2*1H3;. The summed E-state index contributed by atoms with van der Waals surface area (Å²) in [6, 6.07) is 10.5. The molecule has 0 radical (unpaired) electrons. The quantitative estimate of drug-likeness (QED) is 0.583. The molecule has 1 aromatic carbocycles. The van der Waals surface area contributed by atoms with Crippen LogP contribution in [0.5, 0.6) is 0 Å². The predicted octanol–water partition coefficient (Wildman–Crippen LogP) is 2.99. The molecule has 1 heteroatoms. The summed E-state index contributed by atoms with van der Waals surface area (Å²) < 4.78 is 0. The lowest BCUT2D eigenvalue weighted by molar-refractivity contribution is 1.66. The first kappa shape index (κ1) is 8.59. The number of benzene rings is 1. The number of hydrogen-bond acceptors (Lipinski definition) is 0. The van der Waals surface area contributed by atoms with Gasteiger partial charge in [0.15, 0.2) is 0 Å². The van der Waals surface area contributed by atoms with Crippen molar-refractivity contribution >= 4 is 20.2 Å². The molecule has 56 valence electrons. The van der Waals surface area contributed by atoms with Crippen LogP contribution in [0.1, 0.15) is 5.56 Å². The minimum absolute atomic E-state index is 0.521. The lowest BCUT2D eigenvalue weighted by Crippen LogP contribution is -1.91. The second-order valence-corrected chi connectivity index (χ2v) is 5.89. The van der Waals surface area contributed by atoms with E-state index < -0.39 is 14.1 Å². The molecule has 0 heterocycles. The van der Waals surface area contributed by atoms with E-state index in [-0.39, 0.29) is 0 Å². The highest BCUT2D eigenvalue weighted by Crippen LogP contribution is 2.01. The van der Waals surface area contributed by atoms with E-state index in [1.165, 1.54) is 5.56 Å². The number of rotatable bonds is 2. The molecule has 0 nitrogen and oxygen atoms in total. The van der Waals surface area contributed by atoms with E-state index in [9.17, 15) is 0 Å². The minimum atomic E-state index is -0.521. The van der Waals surface area contributed by atoms with Crippen molar-refractivity contribution in [2.75, 3.05) is 0 Å². The Labute approximate surface area is 73.0 Å². The maximum absolute atomic E-state index is 2.34. The fourth-order valence-corrected chi connectivity index (χ4v) is 1.47. The Morgan fingerprint density at radius 1 is 1.09 bits per heavy atom. The maximum Gasteiger partial charge on any atom is 0.288 e. The molecule has 0 atom stereocenters. The van der Waals surface area contributed by atoms with Crippen LogP contribution < -0.4 is 0 Å². The van der Waals surface area contributed by atoms with Gasteiger partial charge in [-0.1, -0.05) is 36.4 Å². The van der Waals surface area contributed by atoms with E-state index in [1.807, 2.05) is 6.07 Å². The third-order valence-corrected chi connectivity index (χ3v) is 2.44. The van der Waals surface area contributed by atoms with E-state index in [0.717, 1.165) is 0 Å². The molecular weight excluding hydrogens is 147 g/mol. The van der Waals surface area contributed by atoms with E-state index in [2.05, 4.69) is 46.9 Å². The molecule has 0 bridgehead atoms. The van der Waals surface area contributed by atoms with Crippen LogP contribution in [0.15, 0.2) is 35.3 Å². The molecule has 11 heavy (non-hydrogen) atoms. The summed E-state index contributed by atoms with van der Waals surface area (Å²) >= 11 is -0.521. The summed E-state index contributed by atoms with van der Waals surface area (Å²) in [6.45, 7) is 0. The molecule has 0 unspecified atom stereocenters. The lowest BCUT2D eigenvalue weighted by atomic mass is 10.2. The van der Waals surface area contributed by atoms with Crippen LogP contribution in [0.4, 0.5) is 0 Å². The zero-order valence-corrected chi connectivity index (χ0v) is 8.27. The summed E-state index contributed by atoms with van der Waals surface area (Å²) in [5, 5.41) is 0. The highest BCUT2D eigenvalue weighted by Gasteiger charge is 1.92. The van der Waals surface area contributed by atoms with Gasteiger partial charge in [0.2, 0.25) is 0 Å². The van der Waals surface area contributed by atoms with Gasteiger partial charge >= 0.3 is 0 Å². The smallest absolute Gasteiger partial charge is 0.144 e. The summed E-state index contributed by atoms with van der Waals surface area (Å²) in [7, 11) is 0. The maximum atomic E-state index is 2.34. The van der Waals surface area contributed by atoms with Crippen molar-refractivity contribution in [2.24, 2.45) is 0 Å². The van der Waals surface area contributed by atoms with Crippen LogP contribution in [0, 0.1) is 0 Å². The molecule has 0 saturated heterocycles. The van der Waals surface area contributed by atoms with Gasteiger partial charge in [-0.05, 0) is 5.56 Å². The second-order valence-electron chi connectivity index (χ2n) is 3.01. The zero-order valence-electron chi connectivity index (χ0n) is 7.12. The van der Waals surface area contributed by atoms with Gasteiger partial charge in [-0.25, -0.2) is 0 Å². The normalized spacial score (nSPS) is 10.4. The van der Waals surface area contributed by atoms with Crippen LogP contribution in [-0.2, 0) is 0 Å². The first-order chi connectivity index (χ1) is 5.29. The van der Waals surface area contributed by atoms with Crippen molar-refractivity contribution in [3.63, 3.8) is 0 Å². The van der Waals surface area contributed by atoms with Gasteiger partial charge < -0.3 is 0 Å². The molecular formula is C10H13Al. The van der Waals surface area contributed by atoms with Gasteiger partial charge in [0.25, 0.3) is 14.1 Å². The molecule has 0 aliphatic carbocycles. The molecule has 0 fully saturated rings. The van der Waals surface area contributed by atoms with E-state index >= 15 is 0 Å². The van der Waals surface area contributed by atoms with Crippen molar-refractivity contribution in [1.82, 2.24) is 0 Å². The van der Waals surface area contributed by atoms with Gasteiger partial charge in [-0.3, -0.25) is 0 Å². The Hall–Kier alpha value is -0.508. The molecule has 0 N–H and O–H groups in total. The molecule has 0 aromatic heterocycles. The molecule has 1 rings (SSSR count). The van der Waals surface area contributed by atoms with Gasteiger partial charge in [-0.15, -0.1) is 16.5 Å². The fraction of sp³-hybridized carbons (Fsp3) is 0.200. The molecule has 0 aliphatic rings. The van der Waals surface area contributed by atoms with Crippen molar-refractivity contribution < 1.29 is 0 Å². The van der Waals surface area contributed by atoms with Gasteiger partial charge in [0.05, 0.1) is 0 Å². The average Bonchev–Trinajstić information content (AvgIpc) is 2.03. The molecule has 0 aliphatic heterocycles. The third kappa shape index (κ3) is 3.41. The SMILES string of the molecule is [CH3][Al]([CH3])/[CH]=C/c1ccccc1. The Bertz CT molecular complexity index is 224. The minimum Gasteiger partial charge on any atom is -0.144 e. The van der Waals surface area contributed by atoms with E-state index in [1.54, 1.807) is 0 Å². The molecule has 0 saturated carbocycles. The Balaban J connectivity index is 2.65. The van der Waals surface area contributed by atoms with Crippen molar-refractivity contribution in [3.05, 3.63) is 40.8 Å². The van der Waals surface area contributed by atoms with Crippen LogP contribution >= 0.6 is 0 Å². The van der Waals surface area contributed by atoms with E-state index in [0.29, 0.717) is 0 Å². The molecule has 0 amide bonds. The van der Waals surface area contributed by atoms with Crippen molar-refractivity contribution in [1.29, 1.82) is 0 Å². The first-order valence-electron chi connectivity index (χ1n) is 4.02. The Kier molecular flexibility index (Phi) is 3.42. The topological polar surface area (TPSA) is 0 Å². The fourth-order valence-electron chi connectivity index (χ4n) is 0.868. The monoisotopic (exact) mass is 160 g/mol. The predicted molar refractivity (Wildman–Crippen MR) is 53.0 cm³/mol. The Morgan fingerprint density at radius 2 is 1.73 bits per heavy atom. The number of hydrogen-bond donors (Lipinski definition) is 0. The highest BCUT2D eigenvalue weighted by molar-refractivity contribution is 6.62. The van der Waals surface area contributed by atoms with E-state index in [4.69, 9.17) is 0 Å². The average molecular weight is 160 g/mol. The molecule has 0 spiro atoms. The van der Waals surface area contributed by atoms with Crippen LogP contribution in [-0.4, -0.2) is 14.1 Å². The van der Waals surface area contributed by atoms with Gasteiger partial charge in [-0.2, -0.15) is 0 Å². The van der Waals surface area contributed by atoms with Crippen molar-refractivity contribution in [3.8, 4) is 0 Å². The van der Waals surface area contributed by atoms with Crippen molar-refractivity contribution in [2.45, 2.75) is 11.6 Å². The van der Waals surface area contributed by atoms with Gasteiger partial charge in [0.1, 0.15) is 0 Å². The summed E-state index contributed by atoms with van der Waals surface area (Å²) in [5.41, 5.74) is 1.31. The zero-order chi connectivity index (χ0) is 8.10. The largest absolute Gasteiger partial charge is 0.288 e. The molecule has 1 aromatic rings. The Morgan fingerprint density at radius 3 is 2.27 bits per heavy atom. The summed E-state index contributed by atoms with van der Waals surface area (Å²) in [5.74, 6) is 4.64. The lowest BCUT2D eigenvalue weighted by Gasteiger charge is -1.90. The third-order valence-electron chi connectivity index (χ3n) is 1.47. The van der Waals surface area contributed by atoms with Crippen LogP contribution in [0.3, 0.4) is 0 Å². The van der Waals surface area contributed by atoms with Gasteiger partial charge in [0, 0.05) is 0 Å². The van der Waals surface area contributed by atoms with Crippen LogP contribution in [0.2, 0.25) is 11.6 Å². The highest BCUT2D eigenvalue weighted by atomic mass is 27.2.